The maximum atomic E-state index is 6.21. The van der Waals surface area contributed by atoms with Crippen molar-refractivity contribution in [2.24, 2.45) is 5.73 Å². The molecule has 88 valence electrons. The second-order valence-corrected chi connectivity index (χ2v) is 4.80. The van der Waals surface area contributed by atoms with Crippen molar-refractivity contribution in [2.75, 3.05) is 12.0 Å². The highest BCUT2D eigenvalue weighted by atomic mass is 32.2. The number of nitrogens with two attached hydrogens (primary N) is 2. The standard InChI is InChI=1S/C14H16N2S/c1-17-13-8-4-11(5-9-13)14(16)10-2-6-12(15)7-3-10/h2-9,14H,15-16H2,1H3. The van der Waals surface area contributed by atoms with Gasteiger partial charge < -0.3 is 11.5 Å². The molecule has 0 aromatic heterocycles. The van der Waals surface area contributed by atoms with Gasteiger partial charge in [-0.2, -0.15) is 0 Å². The third-order valence-electron chi connectivity index (χ3n) is 2.77. The summed E-state index contributed by atoms with van der Waals surface area (Å²) in [6.07, 6.45) is 2.06. The van der Waals surface area contributed by atoms with E-state index in [0.29, 0.717) is 0 Å². The van der Waals surface area contributed by atoms with Crippen LogP contribution in [0.4, 0.5) is 5.69 Å². The first kappa shape index (κ1) is 12.0. The maximum Gasteiger partial charge on any atom is 0.0551 e. The van der Waals surface area contributed by atoms with Crippen LogP contribution in [0.25, 0.3) is 0 Å². The summed E-state index contributed by atoms with van der Waals surface area (Å²) in [5.41, 5.74) is 14.8. The van der Waals surface area contributed by atoms with Gasteiger partial charge in [-0.15, -0.1) is 11.8 Å². The fraction of sp³-hybridized carbons (Fsp3) is 0.143. The monoisotopic (exact) mass is 244 g/mol. The van der Waals surface area contributed by atoms with E-state index < -0.39 is 0 Å². The Morgan fingerprint density at radius 3 is 1.82 bits per heavy atom. The van der Waals surface area contributed by atoms with E-state index in [1.807, 2.05) is 24.3 Å². The van der Waals surface area contributed by atoms with E-state index in [0.717, 1.165) is 16.8 Å². The molecule has 2 nitrogen and oxygen atoms in total. The Morgan fingerprint density at radius 2 is 1.35 bits per heavy atom. The zero-order valence-electron chi connectivity index (χ0n) is 9.76. The van der Waals surface area contributed by atoms with Gasteiger partial charge in [0.2, 0.25) is 0 Å². The van der Waals surface area contributed by atoms with Gasteiger partial charge in [-0.25, -0.2) is 0 Å². The summed E-state index contributed by atoms with van der Waals surface area (Å²) in [6.45, 7) is 0. The molecule has 2 rings (SSSR count). The average molecular weight is 244 g/mol. The van der Waals surface area contributed by atoms with Crippen molar-refractivity contribution in [2.45, 2.75) is 10.9 Å². The largest absolute Gasteiger partial charge is 0.399 e. The van der Waals surface area contributed by atoms with Gasteiger partial charge in [-0.1, -0.05) is 24.3 Å². The van der Waals surface area contributed by atoms with E-state index in [2.05, 4.69) is 30.5 Å². The van der Waals surface area contributed by atoms with Crippen molar-refractivity contribution in [3.05, 3.63) is 59.7 Å². The van der Waals surface area contributed by atoms with Crippen LogP contribution < -0.4 is 11.5 Å². The normalized spacial score (nSPS) is 12.4. The van der Waals surface area contributed by atoms with E-state index in [1.54, 1.807) is 11.8 Å². The van der Waals surface area contributed by atoms with Crippen LogP contribution >= 0.6 is 11.8 Å². The van der Waals surface area contributed by atoms with Crippen molar-refractivity contribution < 1.29 is 0 Å². The summed E-state index contributed by atoms with van der Waals surface area (Å²) in [5, 5.41) is 0. The van der Waals surface area contributed by atoms with Gasteiger partial charge in [0, 0.05) is 10.6 Å². The van der Waals surface area contributed by atoms with Gasteiger partial charge in [0.25, 0.3) is 0 Å². The molecular formula is C14H16N2S. The van der Waals surface area contributed by atoms with Crippen LogP contribution in [-0.2, 0) is 0 Å². The molecule has 3 heteroatoms. The predicted molar refractivity (Wildman–Crippen MR) is 75.1 cm³/mol. The van der Waals surface area contributed by atoms with Gasteiger partial charge in [0.15, 0.2) is 0 Å². The number of anilines is 1. The lowest BCUT2D eigenvalue weighted by molar-refractivity contribution is 0.870. The molecule has 0 fully saturated rings. The van der Waals surface area contributed by atoms with Crippen molar-refractivity contribution in [1.29, 1.82) is 0 Å². The molecule has 2 aromatic rings. The molecule has 0 amide bonds. The Balaban J connectivity index is 2.23. The lowest BCUT2D eigenvalue weighted by Crippen LogP contribution is -2.11. The molecule has 0 saturated heterocycles. The van der Waals surface area contributed by atoms with E-state index in [9.17, 15) is 0 Å². The molecule has 0 spiro atoms. The van der Waals surface area contributed by atoms with E-state index in [4.69, 9.17) is 11.5 Å². The first-order chi connectivity index (χ1) is 8.20. The number of thioether (sulfide) groups is 1. The molecule has 0 heterocycles. The number of hydrogen-bond donors (Lipinski definition) is 2. The molecule has 17 heavy (non-hydrogen) atoms. The molecule has 0 radical (unpaired) electrons. The van der Waals surface area contributed by atoms with Gasteiger partial charge >= 0.3 is 0 Å². The van der Waals surface area contributed by atoms with Crippen LogP contribution in [0.3, 0.4) is 0 Å². The van der Waals surface area contributed by atoms with Crippen LogP contribution in [0, 0.1) is 0 Å². The molecular weight excluding hydrogens is 228 g/mol. The highest BCUT2D eigenvalue weighted by molar-refractivity contribution is 7.98. The summed E-state index contributed by atoms with van der Waals surface area (Å²) in [5.74, 6) is 0. The number of hydrogen-bond acceptors (Lipinski definition) is 3. The second-order valence-electron chi connectivity index (χ2n) is 3.92. The Morgan fingerprint density at radius 1 is 0.882 bits per heavy atom. The summed E-state index contributed by atoms with van der Waals surface area (Å²) in [6, 6.07) is 16.0. The summed E-state index contributed by atoms with van der Waals surface area (Å²) in [4.78, 5) is 1.25. The van der Waals surface area contributed by atoms with Gasteiger partial charge in [-0.05, 0) is 41.6 Å². The van der Waals surface area contributed by atoms with E-state index in [1.165, 1.54) is 4.90 Å². The lowest BCUT2D eigenvalue weighted by atomic mass is 9.99. The fourth-order valence-electron chi connectivity index (χ4n) is 1.71. The number of nitrogen functional groups attached to an aromatic ring is 1. The Hall–Kier alpha value is -1.45. The quantitative estimate of drug-likeness (QED) is 0.644. The molecule has 1 atom stereocenters. The Kier molecular flexibility index (Phi) is 3.71. The molecule has 0 saturated carbocycles. The van der Waals surface area contributed by atoms with Crippen molar-refractivity contribution >= 4 is 17.4 Å². The van der Waals surface area contributed by atoms with Crippen molar-refractivity contribution in [3.8, 4) is 0 Å². The Labute approximate surface area is 106 Å². The first-order valence-corrected chi connectivity index (χ1v) is 6.68. The van der Waals surface area contributed by atoms with Crippen LogP contribution in [-0.4, -0.2) is 6.26 Å². The van der Waals surface area contributed by atoms with Crippen LogP contribution in [0.2, 0.25) is 0 Å². The molecule has 1 unspecified atom stereocenters. The number of rotatable bonds is 3. The van der Waals surface area contributed by atoms with Crippen molar-refractivity contribution in [3.63, 3.8) is 0 Å². The summed E-state index contributed by atoms with van der Waals surface area (Å²) in [7, 11) is 0. The summed E-state index contributed by atoms with van der Waals surface area (Å²) < 4.78 is 0. The predicted octanol–water partition coefficient (Wildman–Crippen LogP) is 3.04. The minimum atomic E-state index is -0.0912. The minimum Gasteiger partial charge on any atom is -0.399 e. The van der Waals surface area contributed by atoms with E-state index in [-0.39, 0.29) is 6.04 Å². The third kappa shape index (κ3) is 2.81. The van der Waals surface area contributed by atoms with Crippen LogP contribution in [0.1, 0.15) is 17.2 Å². The van der Waals surface area contributed by atoms with Gasteiger partial charge in [-0.3, -0.25) is 0 Å². The van der Waals surface area contributed by atoms with Crippen LogP contribution in [0.15, 0.2) is 53.4 Å². The van der Waals surface area contributed by atoms with Gasteiger partial charge in [0.05, 0.1) is 6.04 Å². The maximum absolute atomic E-state index is 6.21. The first-order valence-electron chi connectivity index (χ1n) is 5.45. The second kappa shape index (κ2) is 5.25. The molecule has 2 aromatic carbocycles. The van der Waals surface area contributed by atoms with Crippen LogP contribution in [0.5, 0.6) is 0 Å². The molecule has 0 bridgehead atoms. The smallest absolute Gasteiger partial charge is 0.0551 e. The Bertz CT molecular complexity index is 477. The van der Waals surface area contributed by atoms with E-state index >= 15 is 0 Å². The highest BCUT2D eigenvalue weighted by Crippen LogP contribution is 2.23. The lowest BCUT2D eigenvalue weighted by Gasteiger charge is -2.13. The SMILES string of the molecule is CSc1ccc(C(N)c2ccc(N)cc2)cc1. The van der Waals surface area contributed by atoms with Gasteiger partial charge in [0.1, 0.15) is 0 Å². The third-order valence-corrected chi connectivity index (χ3v) is 3.51. The zero-order valence-corrected chi connectivity index (χ0v) is 10.6. The fourth-order valence-corrected chi connectivity index (χ4v) is 2.12. The topological polar surface area (TPSA) is 52.0 Å². The molecule has 0 aliphatic heterocycles. The van der Waals surface area contributed by atoms with Crippen molar-refractivity contribution in [1.82, 2.24) is 0 Å². The highest BCUT2D eigenvalue weighted by Gasteiger charge is 2.08. The zero-order chi connectivity index (χ0) is 12.3. The molecule has 4 N–H and O–H groups in total. The molecule has 0 aliphatic rings. The minimum absolute atomic E-state index is 0.0912. The number of benzene rings is 2. The average Bonchev–Trinajstić information content (AvgIpc) is 2.39. The molecule has 0 aliphatic carbocycles. The summed E-state index contributed by atoms with van der Waals surface area (Å²) >= 11 is 1.73.